The minimum absolute atomic E-state index is 0.787. The number of rotatable bonds is 2. The van der Waals surface area contributed by atoms with Crippen molar-refractivity contribution in [3.63, 3.8) is 0 Å². The molecule has 3 rings (SSSR count). The molecule has 21 heavy (non-hydrogen) atoms. The molecule has 0 aromatic heterocycles. The van der Waals surface area contributed by atoms with Crippen LogP contribution in [0.5, 0.6) is 0 Å². The van der Waals surface area contributed by atoms with Crippen molar-refractivity contribution in [3.8, 4) is 0 Å². The zero-order valence-electron chi connectivity index (χ0n) is 13.0. The number of piperidine rings is 1. The van der Waals surface area contributed by atoms with Crippen molar-refractivity contribution in [3.05, 3.63) is 34.5 Å². The van der Waals surface area contributed by atoms with Crippen LogP contribution in [0.4, 0.5) is 0 Å². The molecule has 1 aliphatic carbocycles. The van der Waals surface area contributed by atoms with Crippen molar-refractivity contribution >= 4 is 15.9 Å². The van der Waals surface area contributed by atoms with Gasteiger partial charge in [-0.25, -0.2) is 0 Å². The average Bonchev–Trinajstić information content (AvgIpc) is 2.48. The second-order valence-corrected chi connectivity index (χ2v) is 7.52. The highest BCUT2D eigenvalue weighted by atomic mass is 79.9. The Labute approximate surface area is 137 Å². The van der Waals surface area contributed by atoms with Crippen LogP contribution in [0.3, 0.4) is 0 Å². The third-order valence-corrected chi connectivity index (χ3v) is 5.57. The van der Waals surface area contributed by atoms with Gasteiger partial charge in [0.2, 0.25) is 0 Å². The van der Waals surface area contributed by atoms with Gasteiger partial charge in [-0.3, -0.25) is 4.90 Å². The van der Waals surface area contributed by atoms with Crippen LogP contribution >= 0.6 is 15.9 Å². The van der Waals surface area contributed by atoms with Crippen molar-refractivity contribution in [1.82, 2.24) is 14.7 Å². The molecule has 4 heteroatoms. The fraction of sp³-hybridized carbons (Fsp3) is 0.647. The Morgan fingerprint density at radius 2 is 1.71 bits per heavy atom. The smallest absolute Gasteiger partial charge is 0.0396 e. The van der Waals surface area contributed by atoms with Gasteiger partial charge in [-0.1, -0.05) is 22.5 Å². The van der Waals surface area contributed by atoms with Gasteiger partial charge in [-0.2, -0.15) is 0 Å². The van der Waals surface area contributed by atoms with Crippen molar-refractivity contribution in [2.45, 2.75) is 25.3 Å². The third-order valence-electron chi connectivity index (χ3n) is 5.03. The zero-order valence-corrected chi connectivity index (χ0v) is 14.6. The van der Waals surface area contributed by atoms with Crippen LogP contribution in [-0.2, 0) is 0 Å². The molecular formula is C17H26BrN3. The molecule has 0 saturated carbocycles. The van der Waals surface area contributed by atoms with Gasteiger partial charge in [0.15, 0.2) is 0 Å². The van der Waals surface area contributed by atoms with Gasteiger partial charge < -0.3 is 9.80 Å². The predicted octanol–water partition coefficient (Wildman–Crippen LogP) is 2.82. The van der Waals surface area contributed by atoms with Gasteiger partial charge >= 0.3 is 0 Å². The van der Waals surface area contributed by atoms with E-state index in [1.165, 1.54) is 67.9 Å². The maximum Gasteiger partial charge on any atom is 0.0396 e. The Hall–Kier alpha value is -0.580. The van der Waals surface area contributed by atoms with Crippen LogP contribution < -0.4 is 0 Å². The highest BCUT2D eigenvalue weighted by Gasteiger charge is 2.28. The van der Waals surface area contributed by atoms with Crippen LogP contribution in [0.1, 0.15) is 19.3 Å². The minimum atomic E-state index is 0.787. The monoisotopic (exact) mass is 351 g/mol. The van der Waals surface area contributed by atoms with Gasteiger partial charge in [-0.15, -0.1) is 0 Å². The summed E-state index contributed by atoms with van der Waals surface area (Å²) in [7, 11) is 2.23. The quantitative estimate of drug-likeness (QED) is 0.757. The predicted molar refractivity (Wildman–Crippen MR) is 92.5 cm³/mol. The second-order valence-electron chi connectivity index (χ2n) is 6.50. The van der Waals surface area contributed by atoms with Gasteiger partial charge in [0.25, 0.3) is 0 Å². The Balaban J connectivity index is 1.54. The number of likely N-dealkylation sites (N-methyl/N-ethyl adjacent to an activating group) is 1. The number of hydrogen-bond donors (Lipinski definition) is 0. The molecule has 0 radical (unpaired) electrons. The summed E-state index contributed by atoms with van der Waals surface area (Å²) < 4.78 is 1.24. The molecule has 0 aromatic rings. The van der Waals surface area contributed by atoms with E-state index in [-0.39, 0.29) is 0 Å². The van der Waals surface area contributed by atoms with Crippen LogP contribution in [-0.4, -0.2) is 67.1 Å². The molecule has 0 spiro atoms. The highest BCUT2D eigenvalue weighted by Crippen LogP contribution is 2.31. The number of piperazine rings is 1. The molecule has 0 bridgehead atoms. The fourth-order valence-electron chi connectivity index (χ4n) is 3.63. The summed E-state index contributed by atoms with van der Waals surface area (Å²) in [6, 6.07) is 0.787. The Bertz CT molecular complexity index is 453. The summed E-state index contributed by atoms with van der Waals surface area (Å²) in [5, 5.41) is 0. The average molecular weight is 352 g/mol. The molecule has 0 atom stereocenters. The van der Waals surface area contributed by atoms with E-state index in [0.717, 1.165) is 12.5 Å². The standard InChI is InChI=1S/C17H26BrN3/c1-14-13-15(18)3-4-17(14)21-7-5-16(6-8-21)20-11-9-19(2)10-12-20/h3-4,16H,1,5-13H2,2H3. The lowest BCUT2D eigenvalue weighted by Crippen LogP contribution is -2.52. The molecule has 0 aromatic carbocycles. The molecule has 0 amide bonds. The Kier molecular flexibility index (Phi) is 4.87. The number of hydrogen-bond acceptors (Lipinski definition) is 3. The Morgan fingerprint density at radius 3 is 2.33 bits per heavy atom. The maximum atomic E-state index is 4.24. The number of halogens is 1. The first-order valence-corrected chi connectivity index (χ1v) is 8.85. The summed E-state index contributed by atoms with van der Waals surface area (Å²) in [6.45, 7) is 11.5. The first-order valence-electron chi connectivity index (χ1n) is 8.05. The molecule has 3 aliphatic rings. The summed E-state index contributed by atoms with van der Waals surface area (Å²) in [6.07, 6.45) is 7.95. The van der Waals surface area contributed by atoms with E-state index in [1.54, 1.807) is 0 Å². The summed E-state index contributed by atoms with van der Waals surface area (Å²) in [4.78, 5) is 7.68. The lowest BCUT2D eigenvalue weighted by molar-refractivity contribution is 0.0762. The number of allylic oxidation sites excluding steroid dienone is 4. The summed E-state index contributed by atoms with van der Waals surface area (Å²) in [5.41, 5.74) is 2.61. The van der Waals surface area contributed by atoms with Crippen molar-refractivity contribution in [2.75, 3.05) is 46.3 Å². The van der Waals surface area contributed by atoms with Crippen LogP contribution in [0.15, 0.2) is 34.5 Å². The second kappa shape index (κ2) is 6.67. The first-order chi connectivity index (χ1) is 10.1. The van der Waals surface area contributed by atoms with E-state index in [1.807, 2.05) is 0 Å². The maximum absolute atomic E-state index is 4.24. The topological polar surface area (TPSA) is 9.72 Å². The van der Waals surface area contributed by atoms with E-state index in [2.05, 4.69) is 56.4 Å². The van der Waals surface area contributed by atoms with Gasteiger partial charge in [-0.05, 0) is 42.1 Å². The summed E-state index contributed by atoms with van der Waals surface area (Å²) in [5.74, 6) is 0. The van der Waals surface area contributed by atoms with Crippen LogP contribution in [0.25, 0.3) is 0 Å². The van der Waals surface area contributed by atoms with Gasteiger partial charge in [0.05, 0.1) is 0 Å². The van der Waals surface area contributed by atoms with Crippen LogP contribution in [0, 0.1) is 0 Å². The van der Waals surface area contributed by atoms with Crippen molar-refractivity contribution in [1.29, 1.82) is 0 Å². The number of likely N-dealkylation sites (tertiary alicyclic amines) is 1. The first kappa shape index (κ1) is 15.3. The lowest BCUT2D eigenvalue weighted by Gasteiger charge is -2.43. The molecule has 2 fully saturated rings. The number of nitrogens with zero attached hydrogens (tertiary/aromatic N) is 3. The fourth-order valence-corrected chi connectivity index (χ4v) is 4.10. The molecule has 0 N–H and O–H groups in total. The Morgan fingerprint density at radius 1 is 1.05 bits per heavy atom. The van der Waals surface area contributed by atoms with Crippen LogP contribution in [0.2, 0.25) is 0 Å². The largest absolute Gasteiger partial charge is 0.371 e. The van der Waals surface area contributed by atoms with Crippen molar-refractivity contribution < 1.29 is 0 Å². The molecule has 0 unspecified atom stereocenters. The molecule has 2 saturated heterocycles. The third kappa shape index (κ3) is 3.61. The van der Waals surface area contributed by atoms with E-state index < -0.39 is 0 Å². The zero-order chi connectivity index (χ0) is 14.8. The minimum Gasteiger partial charge on any atom is -0.371 e. The van der Waals surface area contributed by atoms with E-state index in [4.69, 9.17) is 0 Å². The van der Waals surface area contributed by atoms with E-state index in [0.29, 0.717) is 0 Å². The molecule has 3 nitrogen and oxygen atoms in total. The summed E-state index contributed by atoms with van der Waals surface area (Å²) >= 11 is 3.57. The molecule has 116 valence electrons. The SMILES string of the molecule is C=C1CC(Br)=CC=C1N1CCC(N2CCN(C)CC2)CC1. The van der Waals surface area contributed by atoms with E-state index in [9.17, 15) is 0 Å². The highest BCUT2D eigenvalue weighted by molar-refractivity contribution is 9.11. The van der Waals surface area contributed by atoms with Gasteiger partial charge in [0.1, 0.15) is 0 Å². The van der Waals surface area contributed by atoms with Gasteiger partial charge in [0, 0.05) is 57.4 Å². The van der Waals surface area contributed by atoms with Crippen molar-refractivity contribution in [2.24, 2.45) is 0 Å². The lowest BCUT2D eigenvalue weighted by atomic mass is 9.98. The molecule has 2 heterocycles. The normalized spacial score (nSPS) is 26.8. The van der Waals surface area contributed by atoms with E-state index >= 15 is 0 Å². The molecular weight excluding hydrogens is 326 g/mol. The molecule has 2 aliphatic heterocycles.